The van der Waals surface area contributed by atoms with Gasteiger partial charge in [-0.05, 0) is 43.3 Å². The third kappa shape index (κ3) is 4.09. The summed E-state index contributed by atoms with van der Waals surface area (Å²) in [6, 6.07) is 15.6. The van der Waals surface area contributed by atoms with E-state index in [1.807, 2.05) is 18.2 Å². The lowest BCUT2D eigenvalue weighted by Crippen LogP contribution is -2.30. The van der Waals surface area contributed by atoms with Gasteiger partial charge in [-0.25, -0.2) is 4.79 Å². The van der Waals surface area contributed by atoms with Crippen LogP contribution in [-0.2, 0) is 9.53 Å². The van der Waals surface area contributed by atoms with Crippen LogP contribution in [0.25, 0.3) is 0 Å². The highest BCUT2D eigenvalue weighted by molar-refractivity contribution is 5.95. The first-order valence-corrected chi connectivity index (χ1v) is 6.81. The van der Waals surface area contributed by atoms with Crippen LogP contribution in [0.2, 0.25) is 0 Å². The molecule has 0 bridgehead atoms. The summed E-state index contributed by atoms with van der Waals surface area (Å²) in [5, 5.41) is 2.73. The van der Waals surface area contributed by atoms with Crippen molar-refractivity contribution in [3.63, 3.8) is 0 Å². The van der Waals surface area contributed by atoms with Crippen LogP contribution < -0.4 is 10.1 Å². The Balaban J connectivity index is 1.95. The number of carbonyl (C=O) groups is 2. The van der Waals surface area contributed by atoms with Gasteiger partial charge in [-0.3, -0.25) is 4.79 Å². The largest absolute Gasteiger partial charge is 0.481 e. The Labute approximate surface area is 128 Å². The number of anilines is 1. The molecule has 2 aromatic rings. The molecule has 0 saturated heterocycles. The number of methoxy groups -OCH3 is 1. The van der Waals surface area contributed by atoms with Crippen molar-refractivity contribution in [3.8, 4) is 5.75 Å². The van der Waals surface area contributed by atoms with Gasteiger partial charge in [0.15, 0.2) is 6.10 Å². The standard InChI is InChI=1S/C17H17NO4/c1-12(22-15-6-4-3-5-7-15)16(19)18-14-10-8-13(9-11-14)17(20)21-2/h3-12H,1-2H3,(H,18,19)/t12-/m0/s1. The highest BCUT2D eigenvalue weighted by Crippen LogP contribution is 2.14. The molecule has 0 aliphatic carbocycles. The molecule has 0 heterocycles. The van der Waals surface area contributed by atoms with Gasteiger partial charge in [-0.1, -0.05) is 18.2 Å². The van der Waals surface area contributed by atoms with E-state index in [-0.39, 0.29) is 5.91 Å². The summed E-state index contributed by atoms with van der Waals surface area (Å²) in [7, 11) is 1.32. The van der Waals surface area contributed by atoms with Crippen molar-refractivity contribution in [2.45, 2.75) is 13.0 Å². The summed E-state index contributed by atoms with van der Waals surface area (Å²) < 4.78 is 10.2. The lowest BCUT2D eigenvalue weighted by molar-refractivity contribution is -0.122. The monoisotopic (exact) mass is 299 g/mol. The summed E-state index contributed by atoms with van der Waals surface area (Å²) in [6.45, 7) is 1.67. The normalized spacial score (nSPS) is 11.4. The van der Waals surface area contributed by atoms with Gasteiger partial charge in [0, 0.05) is 5.69 Å². The SMILES string of the molecule is COC(=O)c1ccc(NC(=O)[C@H](C)Oc2ccccc2)cc1. The maximum Gasteiger partial charge on any atom is 0.337 e. The molecule has 2 aromatic carbocycles. The smallest absolute Gasteiger partial charge is 0.337 e. The fourth-order valence-corrected chi connectivity index (χ4v) is 1.81. The zero-order valence-electron chi connectivity index (χ0n) is 12.4. The number of esters is 1. The molecule has 5 nitrogen and oxygen atoms in total. The van der Waals surface area contributed by atoms with Crippen molar-refractivity contribution in [1.29, 1.82) is 0 Å². The number of amides is 1. The fraction of sp³-hybridized carbons (Fsp3) is 0.176. The summed E-state index contributed by atoms with van der Waals surface area (Å²) in [5.74, 6) is -0.0560. The molecule has 0 aromatic heterocycles. The van der Waals surface area contributed by atoms with Crippen LogP contribution in [0.3, 0.4) is 0 Å². The summed E-state index contributed by atoms with van der Waals surface area (Å²) >= 11 is 0. The third-order valence-corrected chi connectivity index (χ3v) is 3.00. The lowest BCUT2D eigenvalue weighted by Gasteiger charge is -2.14. The molecule has 1 N–H and O–H groups in total. The number of nitrogens with one attached hydrogen (secondary N) is 1. The Morgan fingerprint density at radius 2 is 1.64 bits per heavy atom. The Bertz CT molecular complexity index is 637. The van der Waals surface area contributed by atoms with E-state index in [0.29, 0.717) is 17.0 Å². The maximum atomic E-state index is 12.1. The van der Waals surface area contributed by atoms with E-state index in [9.17, 15) is 9.59 Å². The zero-order chi connectivity index (χ0) is 15.9. The van der Waals surface area contributed by atoms with Gasteiger partial charge in [0.05, 0.1) is 12.7 Å². The van der Waals surface area contributed by atoms with Crippen LogP contribution >= 0.6 is 0 Å². The Morgan fingerprint density at radius 1 is 1.00 bits per heavy atom. The van der Waals surface area contributed by atoms with Gasteiger partial charge >= 0.3 is 5.97 Å². The zero-order valence-corrected chi connectivity index (χ0v) is 12.4. The van der Waals surface area contributed by atoms with Crippen LogP contribution in [0.4, 0.5) is 5.69 Å². The molecular formula is C17H17NO4. The molecule has 5 heteroatoms. The van der Waals surface area contributed by atoms with E-state index >= 15 is 0 Å². The third-order valence-electron chi connectivity index (χ3n) is 3.00. The van der Waals surface area contributed by atoms with Gasteiger partial charge in [-0.15, -0.1) is 0 Å². The quantitative estimate of drug-likeness (QED) is 0.862. The van der Waals surface area contributed by atoms with Crippen LogP contribution in [0, 0.1) is 0 Å². The number of carbonyl (C=O) groups excluding carboxylic acids is 2. The summed E-state index contributed by atoms with van der Waals surface area (Å²) in [4.78, 5) is 23.4. The summed E-state index contributed by atoms with van der Waals surface area (Å²) in [6.07, 6.45) is -0.636. The van der Waals surface area contributed by atoms with Crippen molar-refractivity contribution < 1.29 is 19.1 Å². The second-order valence-electron chi connectivity index (χ2n) is 4.63. The molecule has 0 spiro atoms. The topological polar surface area (TPSA) is 64.6 Å². The minimum absolute atomic E-state index is 0.269. The maximum absolute atomic E-state index is 12.1. The van der Waals surface area contributed by atoms with Crippen LogP contribution in [0.15, 0.2) is 54.6 Å². The first-order chi connectivity index (χ1) is 10.6. The van der Waals surface area contributed by atoms with E-state index in [1.165, 1.54) is 7.11 Å². The van der Waals surface area contributed by atoms with Gasteiger partial charge in [0.25, 0.3) is 5.91 Å². The fourth-order valence-electron chi connectivity index (χ4n) is 1.81. The van der Waals surface area contributed by atoms with Crippen LogP contribution in [-0.4, -0.2) is 25.1 Å². The van der Waals surface area contributed by atoms with E-state index in [0.717, 1.165) is 0 Å². The Morgan fingerprint density at radius 3 is 2.23 bits per heavy atom. The highest BCUT2D eigenvalue weighted by Gasteiger charge is 2.15. The van der Waals surface area contributed by atoms with Gasteiger partial charge in [-0.2, -0.15) is 0 Å². The molecule has 2 rings (SSSR count). The number of hydrogen-bond donors (Lipinski definition) is 1. The van der Waals surface area contributed by atoms with Crippen LogP contribution in [0.1, 0.15) is 17.3 Å². The van der Waals surface area contributed by atoms with Gasteiger partial charge in [0.1, 0.15) is 5.75 Å². The molecule has 22 heavy (non-hydrogen) atoms. The summed E-state index contributed by atoms with van der Waals surface area (Å²) in [5.41, 5.74) is 1.01. The number of ether oxygens (including phenoxy) is 2. The molecule has 0 aliphatic heterocycles. The lowest BCUT2D eigenvalue weighted by atomic mass is 10.2. The molecule has 0 aliphatic rings. The number of hydrogen-bond acceptors (Lipinski definition) is 4. The van der Waals surface area contributed by atoms with E-state index < -0.39 is 12.1 Å². The van der Waals surface area contributed by atoms with Gasteiger partial charge in [0.2, 0.25) is 0 Å². The van der Waals surface area contributed by atoms with Crippen molar-refractivity contribution in [2.24, 2.45) is 0 Å². The molecule has 0 saturated carbocycles. The minimum Gasteiger partial charge on any atom is -0.481 e. The predicted molar refractivity (Wildman–Crippen MR) is 82.9 cm³/mol. The van der Waals surface area contributed by atoms with E-state index in [1.54, 1.807) is 43.3 Å². The number of para-hydroxylation sites is 1. The molecule has 1 amide bonds. The van der Waals surface area contributed by atoms with E-state index in [2.05, 4.69) is 10.1 Å². The van der Waals surface area contributed by atoms with Crippen molar-refractivity contribution in [2.75, 3.05) is 12.4 Å². The Hall–Kier alpha value is -2.82. The van der Waals surface area contributed by atoms with Gasteiger partial charge < -0.3 is 14.8 Å². The first-order valence-electron chi connectivity index (χ1n) is 6.81. The average molecular weight is 299 g/mol. The molecule has 114 valence electrons. The predicted octanol–water partition coefficient (Wildman–Crippen LogP) is 2.88. The van der Waals surface area contributed by atoms with E-state index in [4.69, 9.17) is 4.74 Å². The van der Waals surface area contributed by atoms with Crippen molar-refractivity contribution >= 4 is 17.6 Å². The number of benzene rings is 2. The Kier molecular flexibility index (Phi) is 5.14. The molecule has 1 atom stereocenters. The molecular weight excluding hydrogens is 282 g/mol. The molecule has 0 unspecified atom stereocenters. The van der Waals surface area contributed by atoms with Crippen molar-refractivity contribution in [1.82, 2.24) is 0 Å². The molecule has 0 fully saturated rings. The first kappa shape index (κ1) is 15.6. The second kappa shape index (κ2) is 7.26. The average Bonchev–Trinajstić information content (AvgIpc) is 2.55. The number of rotatable bonds is 5. The van der Waals surface area contributed by atoms with Crippen LogP contribution in [0.5, 0.6) is 5.75 Å². The highest BCUT2D eigenvalue weighted by atomic mass is 16.5. The second-order valence-corrected chi connectivity index (χ2v) is 4.63. The molecule has 0 radical (unpaired) electrons. The van der Waals surface area contributed by atoms with Crippen molar-refractivity contribution in [3.05, 3.63) is 60.2 Å². The minimum atomic E-state index is -0.636.